The first-order valence-electron chi connectivity index (χ1n) is 3.92. The summed E-state index contributed by atoms with van der Waals surface area (Å²) < 4.78 is 0. The van der Waals surface area contributed by atoms with E-state index in [2.05, 4.69) is 11.9 Å². The van der Waals surface area contributed by atoms with Gasteiger partial charge in [0.15, 0.2) is 0 Å². The van der Waals surface area contributed by atoms with Gasteiger partial charge in [0.25, 0.3) is 0 Å². The van der Waals surface area contributed by atoms with E-state index in [0.29, 0.717) is 0 Å². The van der Waals surface area contributed by atoms with Gasteiger partial charge in [-0.1, -0.05) is 0 Å². The first kappa shape index (κ1) is 10.1. The smallest absolute Gasteiger partial charge is 0.136 e. The molecule has 0 radical (unpaired) electrons. The van der Waals surface area contributed by atoms with Crippen LogP contribution in [0.3, 0.4) is 0 Å². The third kappa shape index (κ3) is 1.29. The van der Waals surface area contributed by atoms with Gasteiger partial charge in [-0.15, -0.1) is 23.2 Å². The van der Waals surface area contributed by atoms with E-state index in [1.54, 1.807) is 0 Å². The topological polar surface area (TPSA) is 12.4 Å². The van der Waals surface area contributed by atoms with Crippen LogP contribution < -0.4 is 0 Å². The lowest BCUT2D eigenvalue weighted by molar-refractivity contribution is 0.605. The van der Waals surface area contributed by atoms with Crippen LogP contribution in [0.4, 0.5) is 0 Å². The maximum absolute atomic E-state index is 5.87. The van der Waals surface area contributed by atoms with Gasteiger partial charge in [0, 0.05) is 5.71 Å². The van der Waals surface area contributed by atoms with Gasteiger partial charge in [0.05, 0.1) is 0 Å². The second-order valence-corrected chi connectivity index (χ2v) is 4.49. The molecule has 12 heavy (non-hydrogen) atoms. The lowest BCUT2D eigenvalue weighted by Gasteiger charge is -2.24. The van der Waals surface area contributed by atoms with E-state index < -0.39 is 10.4 Å². The molecule has 0 aliphatic carbocycles. The van der Waals surface area contributed by atoms with Crippen LogP contribution >= 0.6 is 23.2 Å². The van der Waals surface area contributed by atoms with Crippen molar-refractivity contribution in [1.82, 2.24) is 0 Å². The summed E-state index contributed by atoms with van der Waals surface area (Å²) in [5.74, 6) is 0. The molecular formula is C9H13Cl2N. The van der Waals surface area contributed by atoms with E-state index in [1.165, 1.54) is 11.1 Å². The van der Waals surface area contributed by atoms with Crippen LogP contribution in [0.25, 0.3) is 0 Å². The van der Waals surface area contributed by atoms with Crippen molar-refractivity contribution in [2.45, 2.75) is 38.1 Å². The van der Waals surface area contributed by atoms with Gasteiger partial charge in [0.2, 0.25) is 0 Å². The fraction of sp³-hybridized carbons (Fsp3) is 0.667. The number of halogens is 2. The van der Waals surface area contributed by atoms with Gasteiger partial charge in [-0.05, 0) is 38.8 Å². The number of hydrogen-bond donors (Lipinski definition) is 0. The van der Waals surface area contributed by atoms with Crippen LogP contribution in [0.5, 0.6) is 0 Å². The number of hydrogen-bond acceptors (Lipinski definition) is 1. The van der Waals surface area contributed by atoms with Crippen molar-refractivity contribution < 1.29 is 0 Å². The Morgan fingerprint density at radius 2 is 1.75 bits per heavy atom. The minimum Gasteiger partial charge on any atom is -0.276 e. The summed E-state index contributed by atoms with van der Waals surface area (Å²) in [7, 11) is 0. The average Bonchev–Trinajstić information content (AvgIpc) is 2.17. The molecule has 0 N–H and O–H groups in total. The largest absolute Gasteiger partial charge is 0.276 e. The Morgan fingerprint density at radius 3 is 1.92 bits per heavy atom. The summed E-state index contributed by atoms with van der Waals surface area (Å²) >= 11 is 11.7. The van der Waals surface area contributed by atoms with Crippen LogP contribution in [0, 0.1) is 0 Å². The summed E-state index contributed by atoms with van der Waals surface area (Å²) in [4.78, 5) is 3.99. The second-order valence-electron chi connectivity index (χ2n) is 3.40. The van der Waals surface area contributed by atoms with E-state index in [4.69, 9.17) is 23.2 Å². The van der Waals surface area contributed by atoms with Crippen molar-refractivity contribution in [3.05, 3.63) is 11.1 Å². The monoisotopic (exact) mass is 205 g/mol. The summed E-state index contributed by atoms with van der Waals surface area (Å²) in [5.41, 5.74) is 3.03. The van der Waals surface area contributed by atoms with Crippen LogP contribution in [0.2, 0.25) is 0 Å². The molecule has 0 fully saturated rings. The average molecular weight is 206 g/mol. The fourth-order valence-corrected chi connectivity index (χ4v) is 1.80. The Hall–Kier alpha value is -0.0100. The predicted molar refractivity (Wildman–Crippen MR) is 55.4 cm³/mol. The number of aliphatic imine (C=N–C) groups is 1. The molecule has 1 rings (SSSR count). The first-order valence-corrected chi connectivity index (χ1v) is 4.80. The van der Waals surface area contributed by atoms with Crippen molar-refractivity contribution in [2.24, 2.45) is 4.99 Å². The zero-order valence-electron chi connectivity index (χ0n) is 7.78. The molecule has 0 aromatic heterocycles. The second kappa shape index (κ2) is 3.04. The molecule has 1 nitrogen and oxygen atoms in total. The molecule has 0 saturated carbocycles. The standard InChI is InChI=1S/C9H13Cl2N/c1-5-6(2)9(4,8(10)11)12-7(5)3/h8H,1-4H3. The van der Waals surface area contributed by atoms with Gasteiger partial charge < -0.3 is 0 Å². The molecule has 0 aromatic carbocycles. The highest BCUT2D eigenvalue weighted by molar-refractivity contribution is 6.45. The Balaban J connectivity index is 3.14. The number of rotatable bonds is 1. The van der Waals surface area contributed by atoms with Crippen LogP contribution in [0.1, 0.15) is 27.7 Å². The normalized spacial score (nSPS) is 30.1. The summed E-state index contributed by atoms with van der Waals surface area (Å²) in [6.07, 6.45) is 0. The molecule has 0 saturated heterocycles. The molecule has 0 spiro atoms. The van der Waals surface area contributed by atoms with Gasteiger partial charge >= 0.3 is 0 Å². The third-order valence-corrected chi connectivity index (χ3v) is 3.54. The van der Waals surface area contributed by atoms with E-state index in [1.807, 2.05) is 20.8 Å². The SMILES string of the molecule is CC1=NC(C)(C(Cl)Cl)C(C)=C1C. The van der Waals surface area contributed by atoms with E-state index in [-0.39, 0.29) is 0 Å². The van der Waals surface area contributed by atoms with Gasteiger partial charge in [-0.3, -0.25) is 4.99 Å². The molecule has 1 atom stereocenters. The Kier molecular flexibility index (Phi) is 2.55. The predicted octanol–water partition coefficient (Wildman–Crippen LogP) is 3.36. The highest BCUT2D eigenvalue weighted by Gasteiger charge is 2.38. The molecule has 0 bridgehead atoms. The lowest BCUT2D eigenvalue weighted by Crippen LogP contribution is -2.29. The molecule has 3 heteroatoms. The van der Waals surface area contributed by atoms with Crippen molar-refractivity contribution >= 4 is 28.9 Å². The van der Waals surface area contributed by atoms with Crippen molar-refractivity contribution in [2.75, 3.05) is 0 Å². The molecule has 0 aromatic rings. The number of allylic oxidation sites excluding steroid dienone is 1. The quantitative estimate of drug-likeness (QED) is 0.583. The molecule has 1 aliphatic rings. The Labute approximate surface area is 83.5 Å². The number of alkyl halides is 2. The van der Waals surface area contributed by atoms with Crippen molar-refractivity contribution in [3.8, 4) is 0 Å². The van der Waals surface area contributed by atoms with Gasteiger partial charge in [-0.2, -0.15) is 0 Å². The molecule has 68 valence electrons. The Bertz CT molecular complexity index is 266. The fourth-order valence-electron chi connectivity index (χ4n) is 1.38. The minimum atomic E-state index is -0.468. The van der Waals surface area contributed by atoms with Crippen molar-refractivity contribution in [3.63, 3.8) is 0 Å². The minimum absolute atomic E-state index is 0.405. The zero-order valence-corrected chi connectivity index (χ0v) is 9.29. The lowest BCUT2D eigenvalue weighted by atomic mass is 9.94. The summed E-state index contributed by atoms with van der Waals surface area (Å²) in [5, 5.41) is 0. The zero-order chi connectivity index (χ0) is 9.52. The van der Waals surface area contributed by atoms with Crippen molar-refractivity contribution in [1.29, 1.82) is 0 Å². The van der Waals surface area contributed by atoms with Gasteiger partial charge in [-0.25, -0.2) is 0 Å². The third-order valence-electron chi connectivity index (χ3n) is 2.69. The van der Waals surface area contributed by atoms with E-state index in [0.717, 1.165) is 5.71 Å². The van der Waals surface area contributed by atoms with E-state index >= 15 is 0 Å². The molecule has 1 unspecified atom stereocenters. The molecule has 0 amide bonds. The van der Waals surface area contributed by atoms with Gasteiger partial charge in [0.1, 0.15) is 10.4 Å². The molecule has 1 heterocycles. The molecular weight excluding hydrogens is 193 g/mol. The van der Waals surface area contributed by atoms with Crippen LogP contribution in [-0.2, 0) is 0 Å². The highest BCUT2D eigenvalue weighted by atomic mass is 35.5. The number of nitrogens with zero attached hydrogens (tertiary/aromatic N) is 1. The maximum atomic E-state index is 5.87. The summed E-state index contributed by atoms with van der Waals surface area (Å²) in [6.45, 7) is 8.04. The summed E-state index contributed by atoms with van der Waals surface area (Å²) in [6, 6.07) is 0. The van der Waals surface area contributed by atoms with Crippen LogP contribution in [-0.4, -0.2) is 16.1 Å². The van der Waals surface area contributed by atoms with Crippen LogP contribution in [0.15, 0.2) is 16.1 Å². The Morgan fingerprint density at radius 1 is 1.25 bits per heavy atom. The highest BCUT2D eigenvalue weighted by Crippen LogP contribution is 2.38. The van der Waals surface area contributed by atoms with E-state index in [9.17, 15) is 0 Å². The molecule has 1 aliphatic heterocycles. The maximum Gasteiger partial charge on any atom is 0.136 e. The first-order chi connectivity index (χ1) is 5.39.